The maximum atomic E-state index is 6.21. The van der Waals surface area contributed by atoms with Crippen molar-refractivity contribution < 1.29 is 4.74 Å². The number of nitrogens with zero attached hydrogens (tertiary/aromatic N) is 3. The quantitative estimate of drug-likeness (QED) is 0.792. The van der Waals surface area contributed by atoms with Gasteiger partial charge in [0.1, 0.15) is 23.0 Å². The highest BCUT2D eigenvalue weighted by molar-refractivity contribution is 6.30. The van der Waals surface area contributed by atoms with Crippen LogP contribution in [0.4, 0.5) is 11.5 Å². The van der Waals surface area contributed by atoms with Crippen molar-refractivity contribution in [3.05, 3.63) is 41.3 Å². The Labute approximate surface area is 123 Å². The molecule has 0 N–H and O–H groups in total. The van der Waals surface area contributed by atoms with Crippen LogP contribution in [0.2, 0.25) is 5.15 Å². The van der Waals surface area contributed by atoms with Crippen molar-refractivity contribution in [2.24, 2.45) is 0 Å². The number of ether oxygens (including phenoxy) is 1. The zero-order valence-electron chi connectivity index (χ0n) is 11.3. The Balaban J connectivity index is 2.12. The molecule has 0 saturated carbocycles. The molecule has 0 atom stereocenters. The van der Waals surface area contributed by atoms with Gasteiger partial charge in [-0.15, -0.1) is 0 Å². The zero-order valence-corrected chi connectivity index (χ0v) is 12.1. The van der Waals surface area contributed by atoms with Crippen LogP contribution in [0.1, 0.15) is 18.9 Å². The minimum atomic E-state index is 0.528. The fourth-order valence-electron chi connectivity index (χ4n) is 2.47. The monoisotopic (exact) mass is 289 g/mol. The second-order valence-electron chi connectivity index (χ2n) is 4.64. The fourth-order valence-corrected chi connectivity index (χ4v) is 2.73. The highest BCUT2D eigenvalue weighted by atomic mass is 35.5. The van der Waals surface area contributed by atoms with Crippen LogP contribution in [-0.4, -0.2) is 23.1 Å². The van der Waals surface area contributed by atoms with E-state index in [-0.39, 0.29) is 0 Å². The zero-order chi connectivity index (χ0) is 13.9. The molecular weight excluding hydrogens is 274 g/mol. The number of hydrogen-bond donors (Lipinski definition) is 0. The first-order chi connectivity index (χ1) is 9.81. The predicted octanol–water partition coefficient (Wildman–Crippen LogP) is 3.61. The summed E-state index contributed by atoms with van der Waals surface area (Å²) in [6.45, 7) is 3.64. The van der Waals surface area contributed by atoms with Gasteiger partial charge in [-0.05, 0) is 25.0 Å². The molecule has 0 radical (unpaired) electrons. The maximum Gasteiger partial charge on any atom is 0.142 e. The summed E-state index contributed by atoms with van der Waals surface area (Å²) in [7, 11) is 0. The largest absolute Gasteiger partial charge is 0.491 e. The molecule has 1 aromatic heterocycles. The van der Waals surface area contributed by atoms with Crippen LogP contribution in [0.5, 0.6) is 5.75 Å². The van der Waals surface area contributed by atoms with E-state index in [0.717, 1.165) is 42.2 Å². The molecule has 0 bridgehead atoms. The van der Waals surface area contributed by atoms with Crippen molar-refractivity contribution >= 4 is 23.1 Å². The first kappa shape index (κ1) is 13.2. The molecule has 1 aliphatic heterocycles. The van der Waals surface area contributed by atoms with Gasteiger partial charge in [0.2, 0.25) is 0 Å². The van der Waals surface area contributed by atoms with E-state index in [0.29, 0.717) is 11.8 Å². The molecule has 0 aliphatic carbocycles. The van der Waals surface area contributed by atoms with Gasteiger partial charge in [-0.2, -0.15) is 0 Å². The van der Waals surface area contributed by atoms with E-state index in [1.165, 1.54) is 6.33 Å². The number of hydrogen-bond acceptors (Lipinski definition) is 4. The summed E-state index contributed by atoms with van der Waals surface area (Å²) in [6.07, 6.45) is 3.26. The molecule has 3 rings (SSSR count). The summed E-state index contributed by atoms with van der Waals surface area (Å²) < 4.78 is 5.79. The van der Waals surface area contributed by atoms with Crippen molar-refractivity contribution in [3.63, 3.8) is 0 Å². The Morgan fingerprint density at radius 3 is 3.00 bits per heavy atom. The molecule has 1 aromatic carbocycles. The highest BCUT2D eigenvalue weighted by Crippen LogP contribution is 2.37. The lowest BCUT2D eigenvalue weighted by Gasteiger charge is -2.24. The van der Waals surface area contributed by atoms with Gasteiger partial charge in [0.15, 0.2) is 0 Å². The van der Waals surface area contributed by atoms with Gasteiger partial charge in [0.05, 0.1) is 12.3 Å². The normalized spacial score (nSPS) is 14.4. The Morgan fingerprint density at radius 1 is 1.30 bits per heavy atom. The Morgan fingerprint density at radius 2 is 2.15 bits per heavy atom. The van der Waals surface area contributed by atoms with Crippen molar-refractivity contribution in [1.82, 2.24) is 9.97 Å². The van der Waals surface area contributed by atoms with E-state index >= 15 is 0 Å². The van der Waals surface area contributed by atoms with Crippen LogP contribution in [0.3, 0.4) is 0 Å². The number of fused-ring (bicyclic) bond motifs is 1. The van der Waals surface area contributed by atoms with E-state index in [2.05, 4.69) is 27.9 Å². The molecule has 0 unspecified atom stereocenters. The van der Waals surface area contributed by atoms with Gasteiger partial charge in [-0.25, -0.2) is 9.97 Å². The number of anilines is 2. The van der Waals surface area contributed by atoms with E-state index in [9.17, 15) is 0 Å². The van der Waals surface area contributed by atoms with Crippen LogP contribution < -0.4 is 9.64 Å². The molecule has 0 spiro atoms. The van der Waals surface area contributed by atoms with Crippen LogP contribution >= 0.6 is 11.6 Å². The Kier molecular flexibility index (Phi) is 3.74. The predicted molar refractivity (Wildman–Crippen MR) is 80.0 cm³/mol. The molecule has 1 aliphatic rings. The lowest BCUT2D eigenvalue weighted by Crippen LogP contribution is -2.20. The molecule has 104 valence electrons. The summed E-state index contributed by atoms with van der Waals surface area (Å²) in [5, 5.41) is 0.528. The Bertz CT molecular complexity index is 618. The molecule has 4 nitrogen and oxygen atoms in total. The minimum Gasteiger partial charge on any atom is -0.491 e. The van der Waals surface area contributed by atoms with Crippen molar-refractivity contribution in [2.75, 3.05) is 18.1 Å². The number of para-hydroxylation sites is 2. The average Bonchev–Trinajstić information content (AvgIpc) is 2.69. The van der Waals surface area contributed by atoms with Crippen molar-refractivity contribution in [3.8, 4) is 5.75 Å². The van der Waals surface area contributed by atoms with Gasteiger partial charge in [0, 0.05) is 12.1 Å². The Hall–Kier alpha value is -1.81. The smallest absolute Gasteiger partial charge is 0.142 e. The van der Waals surface area contributed by atoms with Gasteiger partial charge < -0.3 is 9.64 Å². The number of aromatic nitrogens is 2. The third kappa shape index (κ3) is 2.31. The molecule has 0 fully saturated rings. The summed E-state index contributed by atoms with van der Waals surface area (Å²) in [6, 6.07) is 8.03. The molecule has 2 heterocycles. The molecular formula is C15H16ClN3O. The van der Waals surface area contributed by atoms with Crippen LogP contribution in [-0.2, 0) is 6.42 Å². The summed E-state index contributed by atoms with van der Waals surface area (Å²) in [5.74, 6) is 1.77. The molecule has 20 heavy (non-hydrogen) atoms. The van der Waals surface area contributed by atoms with E-state index in [1.54, 1.807) is 0 Å². The number of halogens is 1. The third-order valence-electron chi connectivity index (χ3n) is 3.42. The second kappa shape index (κ2) is 5.67. The second-order valence-corrected chi connectivity index (χ2v) is 5.00. The topological polar surface area (TPSA) is 38.2 Å². The standard InChI is InChI=1S/C15H16ClN3O/c1-2-11-14(16)17-10-18-15(11)19-8-5-9-20-13-7-4-3-6-12(13)19/h3-4,6-7,10H,2,5,8-9H2,1H3. The van der Waals surface area contributed by atoms with E-state index < -0.39 is 0 Å². The van der Waals surface area contributed by atoms with E-state index in [1.807, 2.05) is 18.2 Å². The van der Waals surface area contributed by atoms with Gasteiger partial charge >= 0.3 is 0 Å². The summed E-state index contributed by atoms with van der Waals surface area (Å²) >= 11 is 6.21. The van der Waals surface area contributed by atoms with Gasteiger partial charge in [-0.1, -0.05) is 30.7 Å². The molecule has 2 aromatic rings. The number of rotatable bonds is 2. The summed E-state index contributed by atoms with van der Waals surface area (Å²) in [4.78, 5) is 10.7. The lowest BCUT2D eigenvalue weighted by atomic mass is 10.2. The van der Waals surface area contributed by atoms with Crippen molar-refractivity contribution in [1.29, 1.82) is 0 Å². The van der Waals surface area contributed by atoms with Crippen molar-refractivity contribution in [2.45, 2.75) is 19.8 Å². The summed E-state index contributed by atoms with van der Waals surface area (Å²) in [5.41, 5.74) is 2.01. The highest BCUT2D eigenvalue weighted by Gasteiger charge is 2.21. The first-order valence-corrected chi connectivity index (χ1v) is 7.17. The average molecular weight is 290 g/mol. The van der Waals surface area contributed by atoms with E-state index in [4.69, 9.17) is 16.3 Å². The fraction of sp³-hybridized carbons (Fsp3) is 0.333. The van der Waals surface area contributed by atoms with Crippen LogP contribution in [0.25, 0.3) is 0 Å². The van der Waals surface area contributed by atoms with Crippen LogP contribution in [0.15, 0.2) is 30.6 Å². The third-order valence-corrected chi connectivity index (χ3v) is 3.74. The number of benzene rings is 1. The molecule has 0 amide bonds. The van der Waals surface area contributed by atoms with Gasteiger partial charge in [-0.3, -0.25) is 0 Å². The first-order valence-electron chi connectivity index (χ1n) is 6.80. The minimum absolute atomic E-state index is 0.528. The lowest BCUT2D eigenvalue weighted by molar-refractivity contribution is 0.322. The SMILES string of the molecule is CCc1c(Cl)ncnc1N1CCCOc2ccccc21. The van der Waals surface area contributed by atoms with Gasteiger partial charge in [0.25, 0.3) is 0 Å². The maximum absolute atomic E-state index is 6.21. The van der Waals surface area contributed by atoms with Crippen LogP contribution in [0, 0.1) is 0 Å². The molecule has 5 heteroatoms. The molecule has 0 saturated heterocycles.